The van der Waals surface area contributed by atoms with Gasteiger partial charge in [0, 0.05) is 24.7 Å². The Bertz CT molecular complexity index is 798. The number of anilines is 2. The molecule has 0 aliphatic carbocycles. The summed E-state index contributed by atoms with van der Waals surface area (Å²) in [7, 11) is 1.56. The Morgan fingerprint density at radius 2 is 1.93 bits per heavy atom. The van der Waals surface area contributed by atoms with Crippen molar-refractivity contribution in [1.29, 1.82) is 0 Å². The third-order valence-electron chi connectivity index (χ3n) is 4.62. The molecule has 7 heteroatoms. The number of hydrogen-bond acceptors (Lipinski definition) is 4. The smallest absolute Gasteiger partial charge is 0.253 e. The molecule has 2 aromatic rings. The van der Waals surface area contributed by atoms with Gasteiger partial charge in [0.1, 0.15) is 5.75 Å². The van der Waals surface area contributed by atoms with Crippen LogP contribution >= 0.6 is 12.4 Å². The number of ether oxygens (including phenoxy) is 1. The van der Waals surface area contributed by atoms with Crippen molar-refractivity contribution >= 4 is 35.6 Å². The molecule has 0 aromatic heterocycles. The zero-order chi connectivity index (χ0) is 18.5. The van der Waals surface area contributed by atoms with Crippen LogP contribution in [0.25, 0.3) is 0 Å². The fourth-order valence-electron chi connectivity index (χ4n) is 3.14. The molecule has 0 spiro atoms. The second-order valence-electron chi connectivity index (χ2n) is 6.40. The van der Waals surface area contributed by atoms with Crippen molar-refractivity contribution in [2.45, 2.75) is 12.8 Å². The minimum Gasteiger partial charge on any atom is -0.497 e. The number of amides is 2. The zero-order valence-corrected chi connectivity index (χ0v) is 16.0. The van der Waals surface area contributed by atoms with Crippen molar-refractivity contribution in [3.63, 3.8) is 0 Å². The number of carbonyl (C=O) groups is 2. The summed E-state index contributed by atoms with van der Waals surface area (Å²) in [6, 6.07) is 14.3. The largest absolute Gasteiger partial charge is 0.497 e. The van der Waals surface area contributed by atoms with Gasteiger partial charge >= 0.3 is 0 Å². The van der Waals surface area contributed by atoms with Gasteiger partial charge in [-0.15, -0.1) is 12.4 Å². The molecule has 6 nitrogen and oxygen atoms in total. The second-order valence-corrected chi connectivity index (χ2v) is 6.40. The lowest BCUT2D eigenvalue weighted by Crippen LogP contribution is -2.43. The highest BCUT2D eigenvalue weighted by Crippen LogP contribution is 2.26. The molecule has 1 aliphatic heterocycles. The average molecular weight is 390 g/mol. The molecule has 1 atom stereocenters. The summed E-state index contributed by atoms with van der Waals surface area (Å²) in [5.41, 5.74) is 7.59. The van der Waals surface area contributed by atoms with Crippen LogP contribution in [0.1, 0.15) is 23.2 Å². The van der Waals surface area contributed by atoms with Crippen LogP contribution in [0, 0.1) is 5.92 Å². The summed E-state index contributed by atoms with van der Waals surface area (Å²) in [4.78, 5) is 27.0. The van der Waals surface area contributed by atoms with Crippen LogP contribution < -0.4 is 15.8 Å². The number of nitrogens with one attached hydrogen (secondary N) is 1. The van der Waals surface area contributed by atoms with Crippen molar-refractivity contribution < 1.29 is 14.3 Å². The van der Waals surface area contributed by atoms with Crippen LogP contribution in [0.4, 0.5) is 11.4 Å². The van der Waals surface area contributed by atoms with Gasteiger partial charge in [0.05, 0.1) is 24.4 Å². The Morgan fingerprint density at radius 1 is 1.19 bits per heavy atom. The maximum absolute atomic E-state index is 12.7. The molecule has 1 aliphatic rings. The first-order valence-corrected chi connectivity index (χ1v) is 8.67. The van der Waals surface area contributed by atoms with Crippen LogP contribution in [0.2, 0.25) is 0 Å². The number of hydrogen-bond donors (Lipinski definition) is 2. The predicted molar refractivity (Wildman–Crippen MR) is 108 cm³/mol. The van der Waals surface area contributed by atoms with Crippen molar-refractivity contribution in [1.82, 2.24) is 4.90 Å². The van der Waals surface area contributed by atoms with Gasteiger partial charge in [0.2, 0.25) is 5.91 Å². The normalized spacial score (nSPS) is 16.2. The van der Waals surface area contributed by atoms with E-state index in [0.717, 1.165) is 12.8 Å². The van der Waals surface area contributed by atoms with Gasteiger partial charge in [-0.3, -0.25) is 9.59 Å². The lowest BCUT2D eigenvalue weighted by Gasteiger charge is -2.32. The third-order valence-corrected chi connectivity index (χ3v) is 4.62. The maximum Gasteiger partial charge on any atom is 0.253 e. The van der Waals surface area contributed by atoms with Gasteiger partial charge in [-0.1, -0.05) is 18.2 Å². The number of nitrogens with two attached hydrogens (primary N) is 1. The molecule has 144 valence electrons. The molecule has 2 aromatic carbocycles. The highest BCUT2D eigenvalue weighted by Gasteiger charge is 2.29. The molecule has 3 rings (SSSR count). The first-order valence-electron chi connectivity index (χ1n) is 8.67. The van der Waals surface area contributed by atoms with E-state index in [1.54, 1.807) is 42.3 Å². The highest BCUT2D eigenvalue weighted by molar-refractivity contribution is 5.97. The molecule has 0 radical (unpaired) electrons. The third kappa shape index (κ3) is 4.92. The number of benzene rings is 2. The van der Waals surface area contributed by atoms with Crippen molar-refractivity contribution in [3.8, 4) is 5.75 Å². The van der Waals surface area contributed by atoms with E-state index in [0.29, 0.717) is 35.8 Å². The van der Waals surface area contributed by atoms with Crippen LogP contribution in [-0.2, 0) is 4.79 Å². The van der Waals surface area contributed by atoms with Gasteiger partial charge < -0.3 is 20.7 Å². The number of rotatable bonds is 4. The Kier molecular flexibility index (Phi) is 7.07. The van der Waals surface area contributed by atoms with E-state index in [-0.39, 0.29) is 30.1 Å². The predicted octanol–water partition coefficient (Wildman–Crippen LogP) is 3.19. The Balaban J connectivity index is 0.00000261. The van der Waals surface area contributed by atoms with E-state index >= 15 is 0 Å². The lowest BCUT2D eigenvalue weighted by molar-refractivity contribution is -0.121. The Labute approximate surface area is 165 Å². The highest BCUT2D eigenvalue weighted by atomic mass is 35.5. The first-order chi connectivity index (χ1) is 12.6. The molecular weight excluding hydrogens is 366 g/mol. The maximum atomic E-state index is 12.7. The summed E-state index contributed by atoms with van der Waals surface area (Å²) >= 11 is 0. The van der Waals surface area contributed by atoms with Crippen molar-refractivity contribution in [2.75, 3.05) is 31.2 Å². The summed E-state index contributed by atoms with van der Waals surface area (Å²) in [6.07, 6.45) is 1.54. The standard InChI is InChI=1S/C20H23N3O3.ClH/c1-26-16-9-10-17(21)18(12-16)22-19(24)15-8-5-11-23(13-15)20(25)14-6-3-2-4-7-14;/h2-4,6-7,9-10,12,15H,5,8,11,13,21H2,1H3,(H,22,24);1H. The van der Waals surface area contributed by atoms with Gasteiger partial charge in [-0.25, -0.2) is 0 Å². The fourth-order valence-corrected chi connectivity index (χ4v) is 3.14. The van der Waals surface area contributed by atoms with Crippen molar-refractivity contribution in [3.05, 3.63) is 54.1 Å². The number of likely N-dealkylation sites (tertiary alicyclic amines) is 1. The molecule has 0 saturated carbocycles. The zero-order valence-electron chi connectivity index (χ0n) is 15.2. The number of nitrogen functional groups attached to an aromatic ring is 1. The quantitative estimate of drug-likeness (QED) is 0.786. The van der Waals surface area contributed by atoms with Gasteiger partial charge in [-0.2, -0.15) is 0 Å². The molecule has 1 heterocycles. The van der Waals surface area contributed by atoms with Gasteiger partial charge in [0.15, 0.2) is 0 Å². The Morgan fingerprint density at radius 3 is 2.63 bits per heavy atom. The fraction of sp³-hybridized carbons (Fsp3) is 0.300. The number of nitrogens with zero attached hydrogens (tertiary/aromatic N) is 1. The summed E-state index contributed by atoms with van der Waals surface area (Å²) in [6.45, 7) is 1.07. The molecule has 2 amide bonds. The number of piperidine rings is 1. The van der Waals surface area contributed by atoms with Crippen LogP contribution in [0.15, 0.2) is 48.5 Å². The summed E-state index contributed by atoms with van der Waals surface area (Å²) in [5, 5.41) is 2.87. The molecule has 1 saturated heterocycles. The summed E-state index contributed by atoms with van der Waals surface area (Å²) in [5.74, 6) is 0.195. The van der Waals surface area contributed by atoms with Crippen LogP contribution in [-0.4, -0.2) is 36.9 Å². The molecule has 27 heavy (non-hydrogen) atoms. The van der Waals surface area contributed by atoms with E-state index in [9.17, 15) is 9.59 Å². The molecule has 1 unspecified atom stereocenters. The minimum absolute atomic E-state index is 0. The second kappa shape index (κ2) is 9.28. The lowest BCUT2D eigenvalue weighted by atomic mass is 9.96. The van der Waals surface area contributed by atoms with E-state index < -0.39 is 0 Å². The molecule has 3 N–H and O–H groups in total. The number of halogens is 1. The van der Waals surface area contributed by atoms with E-state index in [2.05, 4.69) is 5.32 Å². The number of methoxy groups -OCH3 is 1. The molecule has 1 fully saturated rings. The van der Waals surface area contributed by atoms with Crippen LogP contribution in [0.3, 0.4) is 0 Å². The van der Waals surface area contributed by atoms with E-state index in [4.69, 9.17) is 10.5 Å². The minimum atomic E-state index is -0.262. The molecular formula is C20H24ClN3O3. The number of carbonyl (C=O) groups excluding carboxylic acids is 2. The van der Waals surface area contributed by atoms with Crippen LogP contribution in [0.5, 0.6) is 5.75 Å². The summed E-state index contributed by atoms with van der Waals surface area (Å²) < 4.78 is 5.17. The first kappa shape index (κ1) is 20.6. The van der Waals surface area contributed by atoms with Gasteiger partial charge in [-0.05, 0) is 37.1 Å². The van der Waals surface area contributed by atoms with E-state index in [1.165, 1.54) is 0 Å². The topological polar surface area (TPSA) is 84.7 Å². The molecule has 0 bridgehead atoms. The van der Waals surface area contributed by atoms with E-state index in [1.807, 2.05) is 18.2 Å². The monoisotopic (exact) mass is 389 g/mol. The SMILES string of the molecule is COc1ccc(N)c(NC(=O)C2CCCN(C(=O)c3ccccc3)C2)c1.Cl. The van der Waals surface area contributed by atoms with Gasteiger partial charge in [0.25, 0.3) is 5.91 Å². The average Bonchev–Trinajstić information content (AvgIpc) is 2.69. The Hall–Kier alpha value is -2.73. The van der Waals surface area contributed by atoms with Crippen molar-refractivity contribution in [2.24, 2.45) is 5.92 Å².